The molecule has 2 rings (SSSR count). The van der Waals surface area contributed by atoms with Crippen molar-refractivity contribution in [3.05, 3.63) is 33.8 Å². The maximum Gasteiger partial charge on any atom is 0.0207 e. The van der Waals surface area contributed by atoms with E-state index in [1.807, 2.05) is 0 Å². The van der Waals surface area contributed by atoms with E-state index in [9.17, 15) is 0 Å². The molecular formula is C15H23BrN2. The Labute approximate surface area is 119 Å². The summed E-state index contributed by atoms with van der Waals surface area (Å²) in [5, 5.41) is 3.53. The molecule has 0 aliphatic heterocycles. The van der Waals surface area contributed by atoms with Crippen molar-refractivity contribution < 1.29 is 0 Å². The maximum atomic E-state index is 3.58. The SMILES string of the molecule is CCN(CCNCc1ccc(C)c(Br)c1)C1CC1. The molecule has 2 nitrogen and oxygen atoms in total. The van der Waals surface area contributed by atoms with Gasteiger partial charge in [0.2, 0.25) is 0 Å². The molecule has 1 saturated carbocycles. The molecule has 0 amide bonds. The average molecular weight is 311 g/mol. The fourth-order valence-electron chi connectivity index (χ4n) is 2.24. The summed E-state index contributed by atoms with van der Waals surface area (Å²) in [6, 6.07) is 7.46. The van der Waals surface area contributed by atoms with Crippen LogP contribution < -0.4 is 5.32 Å². The second-order valence-corrected chi connectivity index (χ2v) is 5.97. The number of rotatable bonds is 7. The van der Waals surface area contributed by atoms with Crippen LogP contribution in [0.3, 0.4) is 0 Å². The van der Waals surface area contributed by atoms with Gasteiger partial charge in [-0.25, -0.2) is 0 Å². The molecule has 1 aromatic rings. The summed E-state index contributed by atoms with van der Waals surface area (Å²) in [7, 11) is 0. The fourth-order valence-corrected chi connectivity index (χ4v) is 2.67. The standard InChI is InChI=1S/C15H23BrN2/c1-3-18(14-6-7-14)9-8-17-11-13-5-4-12(2)15(16)10-13/h4-5,10,14,17H,3,6-9,11H2,1-2H3. The number of likely N-dealkylation sites (N-methyl/N-ethyl adjacent to an activating group) is 1. The largest absolute Gasteiger partial charge is 0.311 e. The van der Waals surface area contributed by atoms with Crippen LogP contribution in [-0.2, 0) is 6.54 Å². The van der Waals surface area contributed by atoms with Crippen molar-refractivity contribution in [1.82, 2.24) is 10.2 Å². The predicted molar refractivity (Wildman–Crippen MR) is 80.9 cm³/mol. The minimum absolute atomic E-state index is 0.880. The van der Waals surface area contributed by atoms with E-state index in [2.05, 4.69) is 58.2 Å². The van der Waals surface area contributed by atoms with Crippen LogP contribution in [0.5, 0.6) is 0 Å². The topological polar surface area (TPSA) is 15.3 Å². The van der Waals surface area contributed by atoms with Crippen molar-refractivity contribution in [3.8, 4) is 0 Å². The first-order valence-corrected chi connectivity index (χ1v) is 7.69. The Kier molecular flexibility index (Phi) is 5.22. The highest BCUT2D eigenvalue weighted by Gasteiger charge is 2.26. The number of aryl methyl sites for hydroxylation is 1. The van der Waals surface area contributed by atoms with Gasteiger partial charge in [0.05, 0.1) is 0 Å². The maximum absolute atomic E-state index is 3.58. The molecule has 1 N–H and O–H groups in total. The molecule has 100 valence electrons. The van der Waals surface area contributed by atoms with Crippen molar-refractivity contribution in [1.29, 1.82) is 0 Å². The molecule has 0 aromatic heterocycles. The van der Waals surface area contributed by atoms with Crippen molar-refractivity contribution in [2.75, 3.05) is 19.6 Å². The average Bonchev–Trinajstić information content (AvgIpc) is 3.18. The highest BCUT2D eigenvalue weighted by atomic mass is 79.9. The van der Waals surface area contributed by atoms with Gasteiger partial charge in [0.15, 0.2) is 0 Å². The van der Waals surface area contributed by atoms with E-state index < -0.39 is 0 Å². The van der Waals surface area contributed by atoms with Crippen LogP contribution in [0.4, 0.5) is 0 Å². The number of hydrogen-bond acceptors (Lipinski definition) is 2. The van der Waals surface area contributed by atoms with Gasteiger partial charge in [0.1, 0.15) is 0 Å². The predicted octanol–water partition coefficient (Wildman–Crippen LogP) is 3.33. The van der Waals surface area contributed by atoms with Gasteiger partial charge in [-0.15, -0.1) is 0 Å². The number of halogens is 1. The number of nitrogens with zero attached hydrogens (tertiary/aromatic N) is 1. The first kappa shape index (κ1) is 14.0. The third-order valence-electron chi connectivity index (χ3n) is 3.61. The Morgan fingerprint density at radius 3 is 2.78 bits per heavy atom. The van der Waals surface area contributed by atoms with Crippen LogP contribution in [0.2, 0.25) is 0 Å². The summed E-state index contributed by atoms with van der Waals surface area (Å²) < 4.78 is 1.20. The lowest BCUT2D eigenvalue weighted by atomic mass is 10.1. The van der Waals surface area contributed by atoms with Crippen molar-refractivity contribution >= 4 is 15.9 Å². The van der Waals surface area contributed by atoms with E-state index in [0.29, 0.717) is 0 Å². The second kappa shape index (κ2) is 6.69. The summed E-state index contributed by atoms with van der Waals surface area (Å²) in [6.45, 7) is 8.78. The fraction of sp³-hybridized carbons (Fsp3) is 0.600. The van der Waals surface area contributed by atoms with Crippen LogP contribution in [0.15, 0.2) is 22.7 Å². The lowest BCUT2D eigenvalue weighted by Gasteiger charge is -2.19. The third-order valence-corrected chi connectivity index (χ3v) is 4.46. The Morgan fingerprint density at radius 2 is 2.17 bits per heavy atom. The van der Waals surface area contributed by atoms with Gasteiger partial charge in [0, 0.05) is 30.1 Å². The molecule has 1 aromatic carbocycles. The van der Waals surface area contributed by atoms with Crippen LogP contribution in [-0.4, -0.2) is 30.6 Å². The van der Waals surface area contributed by atoms with Gasteiger partial charge in [-0.05, 0) is 43.5 Å². The van der Waals surface area contributed by atoms with E-state index >= 15 is 0 Å². The summed E-state index contributed by atoms with van der Waals surface area (Å²) in [5.74, 6) is 0. The minimum atomic E-state index is 0.880. The van der Waals surface area contributed by atoms with Gasteiger partial charge in [-0.1, -0.05) is 35.0 Å². The molecule has 0 radical (unpaired) electrons. The molecule has 0 unspecified atom stereocenters. The Balaban J connectivity index is 1.69. The molecule has 0 heterocycles. The Morgan fingerprint density at radius 1 is 1.39 bits per heavy atom. The molecule has 1 aliphatic carbocycles. The van der Waals surface area contributed by atoms with Crippen molar-refractivity contribution in [2.24, 2.45) is 0 Å². The van der Waals surface area contributed by atoms with E-state index in [-0.39, 0.29) is 0 Å². The van der Waals surface area contributed by atoms with Gasteiger partial charge in [0.25, 0.3) is 0 Å². The van der Waals surface area contributed by atoms with Crippen LogP contribution in [0.25, 0.3) is 0 Å². The number of nitrogens with one attached hydrogen (secondary N) is 1. The van der Waals surface area contributed by atoms with Crippen molar-refractivity contribution in [2.45, 2.75) is 39.3 Å². The molecular weight excluding hydrogens is 288 g/mol. The molecule has 0 atom stereocenters. The van der Waals surface area contributed by atoms with Crippen LogP contribution in [0.1, 0.15) is 30.9 Å². The van der Waals surface area contributed by atoms with Gasteiger partial charge < -0.3 is 5.32 Å². The summed E-state index contributed by atoms with van der Waals surface area (Å²) in [6.07, 6.45) is 2.80. The lowest BCUT2D eigenvalue weighted by molar-refractivity contribution is 0.277. The Bertz CT molecular complexity index is 388. The van der Waals surface area contributed by atoms with Gasteiger partial charge in [-0.3, -0.25) is 4.90 Å². The normalized spacial score (nSPS) is 15.3. The molecule has 0 saturated heterocycles. The van der Waals surface area contributed by atoms with Gasteiger partial charge >= 0.3 is 0 Å². The zero-order chi connectivity index (χ0) is 13.0. The highest BCUT2D eigenvalue weighted by molar-refractivity contribution is 9.10. The monoisotopic (exact) mass is 310 g/mol. The summed E-state index contributed by atoms with van der Waals surface area (Å²) in [4.78, 5) is 2.58. The number of hydrogen-bond donors (Lipinski definition) is 1. The first-order chi connectivity index (χ1) is 8.70. The van der Waals surface area contributed by atoms with E-state index in [4.69, 9.17) is 0 Å². The van der Waals surface area contributed by atoms with E-state index in [1.165, 1.54) is 41.5 Å². The van der Waals surface area contributed by atoms with E-state index in [0.717, 1.165) is 19.1 Å². The van der Waals surface area contributed by atoms with Crippen LogP contribution >= 0.6 is 15.9 Å². The Hall–Kier alpha value is -0.380. The zero-order valence-corrected chi connectivity index (χ0v) is 13.0. The minimum Gasteiger partial charge on any atom is -0.311 e. The summed E-state index contributed by atoms with van der Waals surface area (Å²) in [5.41, 5.74) is 2.64. The molecule has 3 heteroatoms. The molecule has 1 fully saturated rings. The molecule has 0 bridgehead atoms. The molecule has 18 heavy (non-hydrogen) atoms. The van der Waals surface area contributed by atoms with E-state index in [1.54, 1.807) is 0 Å². The zero-order valence-electron chi connectivity index (χ0n) is 11.4. The first-order valence-electron chi connectivity index (χ1n) is 6.90. The smallest absolute Gasteiger partial charge is 0.0207 e. The van der Waals surface area contributed by atoms with Crippen LogP contribution in [0, 0.1) is 6.92 Å². The molecule has 0 spiro atoms. The second-order valence-electron chi connectivity index (χ2n) is 5.12. The highest BCUT2D eigenvalue weighted by Crippen LogP contribution is 2.25. The summed E-state index contributed by atoms with van der Waals surface area (Å²) >= 11 is 3.58. The van der Waals surface area contributed by atoms with Crippen molar-refractivity contribution in [3.63, 3.8) is 0 Å². The lowest BCUT2D eigenvalue weighted by Crippen LogP contribution is -2.33. The molecule has 1 aliphatic rings. The quantitative estimate of drug-likeness (QED) is 0.777. The third kappa shape index (κ3) is 4.08. The van der Waals surface area contributed by atoms with Gasteiger partial charge in [-0.2, -0.15) is 0 Å². The number of benzene rings is 1.